The van der Waals surface area contributed by atoms with Crippen molar-refractivity contribution in [3.05, 3.63) is 69.7 Å². The van der Waals surface area contributed by atoms with Crippen LogP contribution in [-0.4, -0.2) is 6.04 Å². The second kappa shape index (κ2) is 6.33. The molecule has 1 unspecified atom stereocenters. The van der Waals surface area contributed by atoms with Crippen molar-refractivity contribution >= 4 is 15.9 Å². The monoisotopic (exact) mass is 343 g/mol. The molecule has 2 aromatic carbocycles. The molecule has 1 aliphatic carbocycles. The minimum absolute atomic E-state index is 0.430. The maximum atomic E-state index is 3.75. The van der Waals surface area contributed by atoms with E-state index in [2.05, 4.69) is 83.6 Å². The molecule has 1 fully saturated rings. The Morgan fingerprint density at radius 3 is 2.48 bits per heavy atom. The van der Waals surface area contributed by atoms with Gasteiger partial charge in [-0.1, -0.05) is 57.9 Å². The van der Waals surface area contributed by atoms with Crippen molar-refractivity contribution in [2.24, 2.45) is 0 Å². The summed E-state index contributed by atoms with van der Waals surface area (Å²) >= 11 is 3.56. The van der Waals surface area contributed by atoms with Gasteiger partial charge in [-0.05, 0) is 55.9 Å². The van der Waals surface area contributed by atoms with E-state index in [0.717, 1.165) is 0 Å². The Morgan fingerprint density at radius 1 is 1.10 bits per heavy atom. The van der Waals surface area contributed by atoms with Crippen molar-refractivity contribution in [1.82, 2.24) is 5.32 Å². The molecule has 3 rings (SSSR count). The Labute approximate surface area is 135 Å². The first-order valence-corrected chi connectivity index (χ1v) is 8.49. The molecule has 0 saturated heterocycles. The van der Waals surface area contributed by atoms with E-state index >= 15 is 0 Å². The quantitative estimate of drug-likeness (QED) is 0.788. The first kappa shape index (κ1) is 14.8. The number of nitrogens with one attached hydrogen (secondary N) is 1. The smallest absolute Gasteiger partial charge is 0.0294 e. The van der Waals surface area contributed by atoms with Gasteiger partial charge in [0.05, 0.1) is 0 Å². The number of benzene rings is 2. The van der Waals surface area contributed by atoms with Crippen molar-refractivity contribution in [1.29, 1.82) is 0 Å². The fourth-order valence-corrected chi connectivity index (χ4v) is 3.51. The first-order valence-electron chi connectivity index (χ1n) is 7.70. The third-order valence-electron chi connectivity index (χ3n) is 4.52. The van der Waals surface area contributed by atoms with Crippen LogP contribution in [0.5, 0.6) is 0 Å². The number of hydrogen-bond acceptors (Lipinski definition) is 1. The minimum atomic E-state index is 0.430. The van der Waals surface area contributed by atoms with E-state index in [0.29, 0.717) is 18.0 Å². The summed E-state index contributed by atoms with van der Waals surface area (Å²) in [6, 6.07) is 18.7. The average Bonchev–Trinajstić information content (AvgIpc) is 2.43. The summed E-state index contributed by atoms with van der Waals surface area (Å²) < 4.78 is 1.18. The van der Waals surface area contributed by atoms with Crippen LogP contribution >= 0.6 is 15.9 Å². The van der Waals surface area contributed by atoms with Crippen LogP contribution in [0.4, 0.5) is 0 Å². The van der Waals surface area contributed by atoms with Gasteiger partial charge in [0, 0.05) is 16.6 Å². The largest absolute Gasteiger partial charge is 0.307 e. The van der Waals surface area contributed by atoms with Crippen LogP contribution in [0.25, 0.3) is 0 Å². The molecule has 1 saturated carbocycles. The highest BCUT2D eigenvalue weighted by molar-refractivity contribution is 9.10. The molecule has 0 aliphatic heterocycles. The molecular weight excluding hydrogens is 322 g/mol. The lowest BCUT2D eigenvalue weighted by Crippen LogP contribution is -2.41. The molecule has 0 aromatic heterocycles. The van der Waals surface area contributed by atoms with Crippen molar-refractivity contribution in [2.45, 2.75) is 44.7 Å². The summed E-state index contributed by atoms with van der Waals surface area (Å²) in [5, 5.41) is 3.75. The predicted octanol–water partition coefficient (Wildman–Crippen LogP) is 5.35. The van der Waals surface area contributed by atoms with Gasteiger partial charge in [-0.3, -0.25) is 0 Å². The number of rotatable bonds is 4. The van der Waals surface area contributed by atoms with Crippen molar-refractivity contribution < 1.29 is 0 Å². The summed E-state index contributed by atoms with van der Waals surface area (Å²) in [5.74, 6) is 0.713. The topological polar surface area (TPSA) is 12.0 Å². The van der Waals surface area contributed by atoms with Gasteiger partial charge < -0.3 is 5.32 Å². The lowest BCUT2D eigenvalue weighted by Gasteiger charge is -2.38. The number of aryl methyl sites for hydroxylation is 1. The molecule has 0 radical (unpaired) electrons. The van der Waals surface area contributed by atoms with Gasteiger partial charge in [-0.15, -0.1) is 0 Å². The lowest BCUT2D eigenvalue weighted by atomic mass is 9.75. The molecule has 110 valence electrons. The van der Waals surface area contributed by atoms with Crippen LogP contribution in [0.2, 0.25) is 0 Å². The third-order valence-corrected chi connectivity index (χ3v) is 5.01. The predicted molar refractivity (Wildman–Crippen MR) is 92.6 cm³/mol. The summed E-state index contributed by atoms with van der Waals surface area (Å²) in [7, 11) is 0. The van der Waals surface area contributed by atoms with E-state index < -0.39 is 0 Å². The highest BCUT2D eigenvalue weighted by atomic mass is 79.9. The highest BCUT2D eigenvalue weighted by Gasteiger charge is 2.31. The van der Waals surface area contributed by atoms with E-state index in [9.17, 15) is 0 Å². The molecule has 21 heavy (non-hydrogen) atoms. The summed E-state index contributed by atoms with van der Waals surface area (Å²) in [6.07, 6.45) is 2.49. The van der Waals surface area contributed by atoms with Gasteiger partial charge >= 0.3 is 0 Å². The molecule has 0 spiro atoms. The molecule has 1 nitrogen and oxygen atoms in total. The van der Waals surface area contributed by atoms with E-state index in [1.807, 2.05) is 0 Å². The Bertz CT molecular complexity index is 599. The fourth-order valence-electron chi connectivity index (χ4n) is 3.09. The van der Waals surface area contributed by atoms with Crippen LogP contribution in [0.15, 0.2) is 53.0 Å². The van der Waals surface area contributed by atoms with Crippen LogP contribution < -0.4 is 5.32 Å². The van der Waals surface area contributed by atoms with Crippen LogP contribution in [-0.2, 0) is 0 Å². The summed E-state index contributed by atoms with van der Waals surface area (Å²) in [4.78, 5) is 0. The van der Waals surface area contributed by atoms with E-state index in [-0.39, 0.29) is 0 Å². The zero-order chi connectivity index (χ0) is 14.8. The maximum absolute atomic E-state index is 3.75. The SMILES string of the molecule is Cc1ccc(C(C)NC2CC(c3cccc(Br)c3)C2)cc1. The molecule has 1 aliphatic rings. The molecule has 2 heteroatoms. The Morgan fingerprint density at radius 2 is 1.81 bits per heavy atom. The number of hydrogen-bond donors (Lipinski definition) is 1. The Balaban J connectivity index is 1.54. The second-order valence-corrected chi connectivity index (χ2v) is 7.13. The third kappa shape index (κ3) is 3.56. The second-order valence-electron chi connectivity index (χ2n) is 6.22. The zero-order valence-corrected chi connectivity index (χ0v) is 14.2. The Kier molecular flexibility index (Phi) is 4.46. The highest BCUT2D eigenvalue weighted by Crippen LogP contribution is 2.38. The van der Waals surface area contributed by atoms with E-state index in [4.69, 9.17) is 0 Å². The van der Waals surface area contributed by atoms with E-state index in [1.54, 1.807) is 0 Å². The van der Waals surface area contributed by atoms with Gasteiger partial charge in [-0.2, -0.15) is 0 Å². The fraction of sp³-hybridized carbons (Fsp3) is 0.368. The first-order chi connectivity index (χ1) is 10.1. The molecule has 0 heterocycles. The molecule has 1 N–H and O–H groups in total. The Hall–Kier alpha value is -1.12. The van der Waals surface area contributed by atoms with Gasteiger partial charge in [0.2, 0.25) is 0 Å². The molecule has 1 atom stereocenters. The normalized spacial score (nSPS) is 22.6. The van der Waals surface area contributed by atoms with Crippen molar-refractivity contribution in [2.75, 3.05) is 0 Å². The number of halogens is 1. The van der Waals surface area contributed by atoms with Gasteiger partial charge in [0.15, 0.2) is 0 Å². The summed E-state index contributed by atoms with van der Waals surface area (Å²) in [5.41, 5.74) is 4.17. The molecule has 0 bridgehead atoms. The molecule has 0 amide bonds. The summed E-state index contributed by atoms with van der Waals surface area (Å²) in [6.45, 7) is 4.40. The minimum Gasteiger partial charge on any atom is -0.307 e. The van der Waals surface area contributed by atoms with Crippen LogP contribution in [0.1, 0.15) is 48.4 Å². The van der Waals surface area contributed by atoms with Gasteiger partial charge in [0.25, 0.3) is 0 Å². The van der Waals surface area contributed by atoms with Crippen molar-refractivity contribution in [3.8, 4) is 0 Å². The van der Waals surface area contributed by atoms with Crippen molar-refractivity contribution in [3.63, 3.8) is 0 Å². The zero-order valence-electron chi connectivity index (χ0n) is 12.6. The van der Waals surface area contributed by atoms with Gasteiger partial charge in [-0.25, -0.2) is 0 Å². The van der Waals surface area contributed by atoms with Gasteiger partial charge in [0.1, 0.15) is 0 Å². The van der Waals surface area contributed by atoms with Crippen LogP contribution in [0.3, 0.4) is 0 Å². The average molecular weight is 344 g/mol. The maximum Gasteiger partial charge on any atom is 0.0294 e. The molecule has 2 aromatic rings. The van der Waals surface area contributed by atoms with Crippen LogP contribution in [0, 0.1) is 6.92 Å². The van der Waals surface area contributed by atoms with E-state index in [1.165, 1.54) is 34.0 Å². The standard InChI is InChI=1S/C19H22BrN/c1-13-6-8-15(9-7-13)14(2)21-19-11-17(12-19)16-4-3-5-18(20)10-16/h3-10,14,17,19,21H,11-12H2,1-2H3. The molecular formula is C19H22BrN. The lowest BCUT2D eigenvalue weighted by molar-refractivity contribution is 0.271.